The molecule has 0 bridgehead atoms. The summed E-state index contributed by atoms with van der Waals surface area (Å²) in [6, 6.07) is 0.650. The number of rotatable bonds is 5. The van der Waals surface area contributed by atoms with Crippen molar-refractivity contribution in [1.29, 1.82) is 0 Å². The zero-order valence-corrected chi connectivity index (χ0v) is 12.5. The molecule has 0 amide bonds. The molecule has 18 heavy (non-hydrogen) atoms. The molecule has 0 radical (unpaired) electrons. The summed E-state index contributed by atoms with van der Waals surface area (Å²) < 4.78 is 5.21. The highest BCUT2D eigenvalue weighted by molar-refractivity contribution is 7.99. The smallest absolute Gasteiger partial charge is 0.138 e. The van der Waals surface area contributed by atoms with Gasteiger partial charge in [0.15, 0.2) is 0 Å². The minimum atomic E-state index is 0.650. The average Bonchev–Trinajstić information content (AvgIpc) is 2.69. The molecule has 1 aliphatic rings. The van der Waals surface area contributed by atoms with Crippen LogP contribution in [0.1, 0.15) is 49.6 Å². The minimum Gasteiger partial charge on any atom is -0.361 e. The Morgan fingerprint density at radius 3 is 2.78 bits per heavy atom. The monoisotopic (exact) mass is 268 g/mol. The van der Waals surface area contributed by atoms with Gasteiger partial charge in [-0.25, -0.2) is 0 Å². The Morgan fingerprint density at radius 2 is 2.11 bits per heavy atom. The highest BCUT2D eigenvalue weighted by atomic mass is 32.2. The first-order valence-electron chi connectivity index (χ1n) is 6.99. The molecule has 0 aromatic carbocycles. The van der Waals surface area contributed by atoms with Gasteiger partial charge in [0.1, 0.15) is 5.76 Å². The molecule has 1 saturated carbocycles. The first kappa shape index (κ1) is 13.9. The zero-order chi connectivity index (χ0) is 13.0. The number of nitrogens with zero attached hydrogens (tertiary/aromatic N) is 1. The lowest BCUT2D eigenvalue weighted by Crippen LogP contribution is -2.40. The molecule has 102 valence electrons. The molecule has 2 rings (SSSR count). The van der Waals surface area contributed by atoms with E-state index in [1.165, 1.54) is 37.0 Å². The molecule has 0 saturated heterocycles. The van der Waals surface area contributed by atoms with E-state index in [9.17, 15) is 0 Å². The van der Waals surface area contributed by atoms with Crippen LogP contribution in [0.25, 0.3) is 0 Å². The van der Waals surface area contributed by atoms with Crippen LogP contribution in [0.5, 0.6) is 0 Å². The summed E-state index contributed by atoms with van der Waals surface area (Å²) in [5.74, 6) is 2.17. The van der Waals surface area contributed by atoms with E-state index in [4.69, 9.17) is 4.52 Å². The topological polar surface area (TPSA) is 38.1 Å². The second-order valence-corrected chi connectivity index (χ2v) is 6.58. The van der Waals surface area contributed by atoms with Crippen LogP contribution in [0.3, 0.4) is 0 Å². The molecule has 1 aliphatic carbocycles. The van der Waals surface area contributed by atoms with E-state index in [0.29, 0.717) is 6.04 Å². The van der Waals surface area contributed by atoms with Gasteiger partial charge in [-0.3, -0.25) is 0 Å². The van der Waals surface area contributed by atoms with E-state index in [-0.39, 0.29) is 0 Å². The molecule has 3 nitrogen and oxygen atoms in total. The van der Waals surface area contributed by atoms with Gasteiger partial charge in [-0.1, -0.05) is 24.9 Å². The molecule has 1 aromatic rings. The van der Waals surface area contributed by atoms with Gasteiger partial charge in [-0.15, -0.1) is 0 Å². The summed E-state index contributed by atoms with van der Waals surface area (Å²) in [4.78, 5) is 0. The standard InChI is InChI=1S/C14H24N2OS/c1-4-18-14-8-6-5-7-13(14)15-9-12-10(2)16-17-11(12)3/h13-15H,4-9H2,1-3H3/t13-,14+/m1/s1. The van der Waals surface area contributed by atoms with Crippen LogP contribution in [-0.2, 0) is 6.54 Å². The predicted molar refractivity (Wildman–Crippen MR) is 77.0 cm³/mol. The highest BCUT2D eigenvalue weighted by Crippen LogP contribution is 2.29. The molecular formula is C14H24N2OS. The Hall–Kier alpha value is -0.480. The normalized spacial score (nSPS) is 24.4. The fourth-order valence-corrected chi connectivity index (χ4v) is 3.96. The van der Waals surface area contributed by atoms with E-state index >= 15 is 0 Å². The maximum absolute atomic E-state index is 5.21. The largest absolute Gasteiger partial charge is 0.361 e. The van der Waals surface area contributed by atoms with E-state index in [1.54, 1.807) is 0 Å². The van der Waals surface area contributed by atoms with Crippen molar-refractivity contribution in [2.75, 3.05) is 5.75 Å². The molecule has 2 atom stereocenters. The van der Waals surface area contributed by atoms with Crippen LogP contribution >= 0.6 is 11.8 Å². The molecule has 1 aromatic heterocycles. The first-order chi connectivity index (χ1) is 8.72. The lowest BCUT2D eigenvalue weighted by Gasteiger charge is -2.31. The van der Waals surface area contributed by atoms with Crippen molar-refractivity contribution in [3.05, 3.63) is 17.0 Å². The Balaban J connectivity index is 1.91. The van der Waals surface area contributed by atoms with Gasteiger partial charge in [0.2, 0.25) is 0 Å². The van der Waals surface area contributed by atoms with Crippen molar-refractivity contribution >= 4 is 11.8 Å². The van der Waals surface area contributed by atoms with Gasteiger partial charge >= 0.3 is 0 Å². The quantitative estimate of drug-likeness (QED) is 0.887. The second kappa shape index (κ2) is 6.62. The van der Waals surface area contributed by atoms with Gasteiger partial charge in [-0.2, -0.15) is 11.8 Å². The third-order valence-electron chi connectivity index (χ3n) is 3.81. The van der Waals surface area contributed by atoms with E-state index in [2.05, 4.69) is 29.2 Å². The number of nitrogens with one attached hydrogen (secondary N) is 1. The van der Waals surface area contributed by atoms with Crippen LogP contribution in [0.15, 0.2) is 4.52 Å². The van der Waals surface area contributed by atoms with Crippen molar-refractivity contribution in [2.24, 2.45) is 0 Å². The summed E-state index contributed by atoms with van der Waals surface area (Å²) in [6.07, 6.45) is 5.42. The number of thioether (sulfide) groups is 1. The van der Waals surface area contributed by atoms with Gasteiger partial charge in [-0.05, 0) is 32.4 Å². The highest BCUT2D eigenvalue weighted by Gasteiger charge is 2.25. The van der Waals surface area contributed by atoms with Crippen molar-refractivity contribution in [1.82, 2.24) is 10.5 Å². The van der Waals surface area contributed by atoms with Crippen LogP contribution in [0.4, 0.5) is 0 Å². The molecule has 4 heteroatoms. The summed E-state index contributed by atoms with van der Waals surface area (Å²) in [7, 11) is 0. The van der Waals surface area contributed by atoms with Gasteiger partial charge in [0.25, 0.3) is 0 Å². The van der Waals surface area contributed by atoms with Crippen molar-refractivity contribution < 1.29 is 4.52 Å². The van der Waals surface area contributed by atoms with Crippen molar-refractivity contribution in [2.45, 2.75) is 64.3 Å². The van der Waals surface area contributed by atoms with Crippen molar-refractivity contribution in [3.8, 4) is 0 Å². The lowest BCUT2D eigenvalue weighted by atomic mass is 9.94. The summed E-state index contributed by atoms with van der Waals surface area (Å²) in [5, 5.41) is 8.52. The molecular weight excluding hydrogens is 244 g/mol. The summed E-state index contributed by atoms with van der Waals surface area (Å²) in [5.41, 5.74) is 2.26. The number of aryl methyl sites for hydroxylation is 2. The summed E-state index contributed by atoms with van der Waals surface area (Å²) in [6.45, 7) is 7.17. The van der Waals surface area contributed by atoms with Crippen LogP contribution < -0.4 is 5.32 Å². The SMILES string of the molecule is CCS[C@H]1CCCC[C@H]1NCc1c(C)noc1C. The Bertz CT molecular complexity index is 356. The fraction of sp³-hybridized carbons (Fsp3) is 0.786. The number of hydrogen-bond donors (Lipinski definition) is 1. The van der Waals surface area contributed by atoms with Gasteiger partial charge in [0.05, 0.1) is 5.69 Å². The molecule has 0 unspecified atom stereocenters. The maximum atomic E-state index is 5.21. The Morgan fingerprint density at radius 1 is 1.33 bits per heavy atom. The first-order valence-corrected chi connectivity index (χ1v) is 8.04. The van der Waals surface area contributed by atoms with Crippen LogP contribution in [0, 0.1) is 13.8 Å². The minimum absolute atomic E-state index is 0.650. The molecule has 1 N–H and O–H groups in total. The fourth-order valence-electron chi connectivity index (χ4n) is 2.73. The average molecular weight is 268 g/mol. The Kier molecular flexibility index (Phi) is 5.13. The lowest BCUT2D eigenvalue weighted by molar-refractivity contribution is 0.377. The maximum Gasteiger partial charge on any atom is 0.138 e. The number of aromatic nitrogens is 1. The van der Waals surface area contributed by atoms with Gasteiger partial charge < -0.3 is 9.84 Å². The third-order valence-corrected chi connectivity index (χ3v) is 5.13. The van der Waals surface area contributed by atoms with Crippen LogP contribution in [-0.4, -0.2) is 22.2 Å². The Labute approximate surface area is 114 Å². The third kappa shape index (κ3) is 3.29. The molecule has 0 spiro atoms. The molecule has 1 fully saturated rings. The number of hydrogen-bond acceptors (Lipinski definition) is 4. The zero-order valence-electron chi connectivity index (χ0n) is 11.7. The van der Waals surface area contributed by atoms with E-state index < -0.39 is 0 Å². The summed E-state index contributed by atoms with van der Waals surface area (Å²) >= 11 is 2.10. The molecule has 0 aliphatic heterocycles. The predicted octanol–water partition coefficient (Wildman–Crippen LogP) is 3.45. The van der Waals surface area contributed by atoms with Crippen molar-refractivity contribution in [3.63, 3.8) is 0 Å². The van der Waals surface area contributed by atoms with Crippen LogP contribution in [0.2, 0.25) is 0 Å². The van der Waals surface area contributed by atoms with E-state index in [0.717, 1.165) is 23.2 Å². The second-order valence-electron chi connectivity index (χ2n) is 5.07. The van der Waals surface area contributed by atoms with E-state index in [1.807, 2.05) is 13.8 Å². The van der Waals surface area contributed by atoms with Gasteiger partial charge in [0, 0.05) is 23.4 Å². The molecule has 1 heterocycles.